The summed E-state index contributed by atoms with van der Waals surface area (Å²) in [7, 11) is 0. The lowest BCUT2D eigenvalue weighted by molar-refractivity contribution is -0.139. The number of esters is 1. The van der Waals surface area contributed by atoms with Crippen molar-refractivity contribution in [3.8, 4) is 0 Å². The summed E-state index contributed by atoms with van der Waals surface area (Å²) in [5.74, 6) is -1.28. The molecule has 0 radical (unpaired) electrons. The number of hydrogen-bond donors (Lipinski definition) is 1. The molecule has 0 aromatic rings. The van der Waals surface area contributed by atoms with Crippen LogP contribution in [0.3, 0.4) is 0 Å². The number of carboxylic acids is 1. The minimum atomic E-state index is -0.981. The Morgan fingerprint density at radius 3 is 2.14 bits per heavy atom. The van der Waals surface area contributed by atoms with Gasteiger partial charge >= 0.3 is 11.9 Å². The molecule has 0 aliphatic rings. The fourth-order valence-electron chi connectivity index (χ4n) is 0.318. The molecule has 4 heteroatoms. The fraction of sp³-hybridized carbons (Fsp3) is 0.400. The highest BCUT2D eigenvalue weighted by Crippen LogP contribution is 1.91. The van der Waals surface area contributed by atoms with Crippen molar-refractivity contribution in [1.82, 2.24) is 0 Å². The van der Waals surface area contributed by atoms with Gasteiger partial charge in [-0.2, -0.15) is 0 Å². The van der Waals surface area contributed by atoms with Gasteiger partial charge in [0.25, 0.3) is 0 Å². The van der Waals surface area contributed by atoms with E-state index in [0.29, 0.717) is 12.2 Å². The molecule has 0 spiro atoms. The molecule has 0 bridgehead atoms. The molecule has 4 nitrogen and oxygen atoms in total. The van der Waals surface area contributed by atoms with E-state index in [4.69, 9.17) is 9.84 Å². The molecule has 0 heterocycles. The van der Waals surface area contributed by atoms with Crippen molar-refractivity contribution in [3.05, 3.63) is 24.8 Å². The molecule has 0 aliphatic heterocycles. The summed E-state index contributed by atoms with van der Waals surface area (Å²) in [5, 5.41) is 7.60. The topological polar surface area (TPSA) is 63.6 Å². The second-order valence-corrected chi connectivity index (χ2v) is 2.46. The number of carboxylic acid groups (broad SMARTS) is 1. The molecular weight excluding hydrogens is 184 g/mol. The second-order valence-electron chi connectivity index (χ2n) is 2.46. The predicted octanol–water partition coefficient (Wildman–Crippen LogP) is 1.77. The van der Waals surface area contributed by atoms with Crippen LogP contribution in [0.1, 0.15) is 20.3 Å². The zero-order valence-corrected chi connectivity index (χ0v) is 8.58. The Morgan fingerprint density at radius 1 is 1.50 bits per heavy atom. The number of carbonyl (C=O) groups excluding carboxylic acids is 1. The molecule has 14 heavy (non-hydrogen) atoms. The Bertz CT molecular complexity index is 218. The van der Waals surface area contributed by atoms with E-state index in [0.717, 1.165) is 12.5 Å². The summed E-state index contributed by atoms with van der Waals surface area (Å²) in [6.45, 7) is 10.5. The highest BCUT2D eigenvalue weighted by atomic mass is 16.5. The first-order chi connectivity index (χ1) is 6.45. The zero-order chi connectivity index (χ0) is 11.6. The number of rotatable bonds is 4. The van der Waals surface area contributed by atoms with Crippen molar-refractivity contribution in [2.75, 3.05) is 6.61 Å². The van der Waals surface area contributed by atoms with Crippen molar-refractivity contribution in [2.24, 2.45) is 0 Å². The van der Waals surface area contributed by atoms with Crippen LogP contribution in [0.5, 0.6) is 0 Å². The normalized spacial score (nSPS) is 7.86. The average molecular weight is 200 g/mol. The molecular formula is C10H16O4. The van der Waals surface area contributed by atoms with Crippen LogP contribution in [-0.4, -0.2) is 23.7 Å². The van der Waals surface area contributed by atoms with Gasteiger partial charge in [0.2, 0.25) is 0 Å². The van der Waals surface area contributed by atoms with E-state index in [1.807, 2.05) is 6.92 Å². The monoisotopic (exact) mass is 200 g/mol. The second kappa shape index (κ2) is 9.51. The molecule has 0 fully saturated rings. The first kappa shape index (κ1) is 14.9. The van der Waals surface area contributed by atoms with Crippen LogP contribution < -0.4 is 0 Å². The summed E-state index contributed by atoms with van der Waals surface area (Å²) in [6.07, 6.45) is 1.69. The van der Waals surface area contributed by atoms with Crippen molar-refractivity contribution in [3.63, 3.8) is 0 Å². The third-order valence-electron chi connectivity index (χ3n) is 0.960. The Hall–Kier alpha value is -1.58. The lowest BCUT2D eigenvalue weighted by atomic mass is 10.4. The van der Waals surface area contributed by atoms with E-state index in [-0.39, 0.29) is 5.97 Å². The largest absolute Gasteiger partial charge is 0.478 e. The molecule has 0 saturated heterocycles. The maximum atomic E-state index is 10.6. The molecule has 0 rings (SSSR count). The smallest absolute Gasteiger partial charge is 0.333 e. The molecule has 0 aromatic carbocycles. The van der Waals surface area contributed by atoms with Crippen molar-refractivity contribution >= 4 is 11.9 Å². The quantitative estimate of drug-likeness (QED) is 0.555. The number of hydrogen-bond acceptors (Lipinski definition) is 3. The van der Waals surface area contributed by atoms with Crippen LogP contribution in [0.2, 0.25) is 0 Å². The lowest BCUT2D eigenvalue weighted by Crippen LogP contribution is -2.04. The van der Waals surface area contributed by atoms with Gasteiger partial charge in [0.15, 0.2) is 0 Å². The van der Waals surface area contributed by atoms with Crippen LogP contribution >= 0.6 is 0 Å². The molecule has 0 amide bonds. The first-order valence-corrected chi connectivity index (χ1v) is 4.13. The van der Waals surface area contributed by atoms with E-state index in [1.165, 1.54) is 0 Å². The van der Waals surface area contributed by atoms with Gasteiger partial charge in [-0.3, -0.25) is 0 Å². The lowest BCUT2D eigenvalue weighted by Gasteiger charge is -1.99. The van der Waals surface area contributed by atoms with E-state index in [1.54, 1.807) is 6.92 Å². The SMILES string of the molecule is C=C(C)C(=O)OCCC.C=CC(=O)O. The van der Waals surface area contributed by atoms with Crippen LogP contribution in [-0.2, 0) is 14.3 Å². The Labute approximate surface area is 83.9 Å². The molecule has 0 unspecified atom stereocenters. The minimum Gasteiger partial charge on any atom is -0.478 e. The van der Waals surface area contributed by atoms with E-state index in [9.17, 15) is 9.59 Å². The summed E-state index contributed by atoms with van der Waals surface area (Å²) >= 11 is 0. The first-order valence-electron chi connectivity index (χ1n) is 4.13. The third kappa shape index (κ3) is 13.0. The Kier molecular flexibility index (Phi) is 10.1. The molecule has 0 atom stereocenters. The van der Waals surface area contributed by atoms with E-state index in [2.05, 4.69) is 13.2 Å². The molecule has 1 N–H and O–H groups in total. The maximum Gasteiger partial charge on any atom is 0.333 e. The number of ether oxygens (including phenoxy) is 1. The van der Waals surface area contributed by atoms with Crippen LogP contribution in [0.4, 0.5) is 0 Å². The number of aliphatic carboxylic acids is 1. The van der Waals surface area contributed by atoms with Gasteiger partial charge in [-0.25, -0.2) is 9.59 Å². The predicted molar refractivity (Wildman–Crippen MR) is 53.9 cm³/mol. The standard InChI is InChI=1S/C7H12O2.C3H4O2/c1-4-5-9-7(8)6(2)3;1-2-3(4)5/h2,4-5H2,1,3H3;2H,1H2,(H,4,5). The molecule has 0 saturated carbocycles. The van der Waals surface area contributed by atoms with Gasteiger partial charge in [0.1, 0.15) is 0 Å². The van der Waals surface area contributed by atoms with Gasteiger partial charge in [0.05, 0.1) is 6.61 Å². The number of carbonyl (C=O) groups is 2. The Morgan fingerprint density at radius 2 is 1.93 bits per heavy atom. The summed E-state index contributed by atoms with van der Waals surface area (Å²) in [6, 6.07) is 0. The van der Waals surface area contributed by atoms with E-state index >= 15 is 0 Å². The Balaban J connectivity index is 0. The summed E-state index contributed by atoms with van der Waals surface area (Å²) in [5.41, 5.74) is 0.462. The van der Waals surface area contributed by atoms with Gasteiger partial charge in [-0.1, -0.05) is 20.1 Å². The van der Waals surface area contributed by atoms with Gasteiger partial charge in [0, 0.05) is 11.6 Å². The highest BCUT2D eigenvalue weighted by molar-refractivity contribution is 5.86. The van der Waals surface area contributed by atoms with Gasteiger partial charge in [-0.05, 0) is 13.3 Å². The van der Waals surface area contributed by atoms with Crippen LogP contribution in [0, 0.1) is 0 Å². The van der Waals surface area contributed by atoms with E-state index < -0.39 is 5.97 Å². The summed E-state index contributed by atoms with van der Waals surface area (Å²) < 4.78 is 4.71. The minimum absolute atomic E-state index is 0.295. The molecule has 0 aromatic heterocycles. The third-order valence-corrected chi connectivity index (χ3v) is 0.960. The van der Waals surface area contributed by atoms with Crippen LogP contribution in [0.15, 0.2) is 24.8 Å². The summed E-state index contributed by atoms with van der Waals surface area (Å²) in [4.78, 5) is 19.8. The van der Waals surface area contributed by atoms with Crippen molar-refractivity contribution < 1.29 is 19.4 Å². The zero-order valence-electron chi connectivity index (χ0n) is 8.58. The van der Waals surface area contributed by atoms with Gasteiger partial charge < -0.3 is 9.84 Å². The molecule has 80 valence electrons. The van der Waals surface area contributed by atoms with Crippen molar-refractivity contribution in [1.29, 1.82) is 0 Å². The van der Waals surface area contributed by atoms with Crippen molar-refractivity contribution in [2.45, 2.75) is 20.3 Å². The molecule has 0 aliphatic carbocycles. The van der Waals surface area contributed by atoms with Crippen LogP contribution in [0.25, 0.3) is 0 Å². The highest BCUT2D eigenvalue weighted by Gasteiger charge is 1.99. The fourth-order valence-corrected chi connectivity index (χ4v) is 0.318. The van der Waals surface area contributed by atoms with Gasteiger partial charge in [-0.15, -0.1) is 0 Å². The average Bonchev–Trinajstić information content (AvgIpc) is 2.14. The maximum absolute atomic E-state index is 10.6.